The number of benzene rings is 2. The van der Waals surface area contributed by atoms with Gasteiger partial charge in [-0.2, -0.15) is 0 Å². The Morgan fingerprint density at radius 3 is 2.40 bits per heavy atom. The Morgan fingerprint density at radius 2 is 1.68 bits per heavy atom. The Kier molecular flexibility index (Phi) is 7.85. The fourth-order valence-electron chi connectivity index (χ4n) is 1.95. The van der Waals surface area contributed by atoms with E-state index in [-0.39, 0.29) is 25.0 Å². The summed E-state index contributed by atoms with van der Waals surface area (Å²) in [6.45, 7) is 2.44. The minimum Gasteiger partial charge on any atom is -0.484 e. The maximum absolute atomic E-state index is 11.7. The van der Waals surface area contributed by atoms with Gasteiger partial charge in [0.1, 0.15) is 5.75 Å². The maximum atomic E-state index is 11.7. The number of para-hydroxylation sites is 1. The largest absolute Gasteiger partial charge is 0.484 e. The van der Waals surface area contributed by atoms with Crippen LogP contribution in [0.3, 0.4) is 0 Å². The van der Waals surface area contributed by atoms with Crippen LogP contribution in [-0.4, -0.2) is 37.3 Å². The van der Waals surface area contributed by atoms with Crippen LogP contribution in [0.1, 0.15) is 5.56 Å². The van der Waals surface area contributed by atoms with Crippen LogP contribution >= 0.6 is 11.8 Å². The minimum absolute atomic E-state index is 0.0494. The summed E-state index contributed by atoms with van der Waals surface area (Å²) in [6, 6.07) is 17.3. The molecule has 5 nitrogen and oxygen atoms in total. The Morgan fingerprint density at radius 1 is 0.960 bits per heavy atom. The molecule has 25 heavy (non-hydrogen) atoms. The first kappa shape index (κ1) is 18.9. The van der Waals surface area contributed by atoms with Crippen molar-refractivity contribution in [3.8, 4) is 5.75 Å². The second-order valence-corrected chi connectivity index (χ2v) is 6.56. The number of amides is 2. The first-order valence-electron chi connectivity index (χ1n) is 8.04. The minimum atomic E-state index is -0.326. The van der Waals surface area contributed by atoms with Gasteiger partial charge in [0.25, 0.3) is 5.91 Å². The SMILES string of the molecule is Cc1ccc(SCCNC(=O)CNC(=O)COc2ccccc2)cc1. The van der Waals surface area contributed by atoms with Crippen molar-refractivity contribution in [1.82, 2.24) is 10.6 Å². The van der Waals surface area contributed by atoms with Crippen LogP contribution in [0.4, 0.5) is 0 Å². The number of carbonyl (C=O) groups is 2. The Bertz CT molecular complexity index is 675. The van der Waals surface area contributed by atoms with Crippen LogP contribution in [0.2, 0.25) is 0 Å². The summed E-state index contributed by atoms with van der Waals surface area (Å²) in [7, 11) is 0. The molecule has 0 heterocycles. The van der Waals surface area contributed by atoms with E-state index in [1.165, 1.54) is 10.5 Å². The van der Waals surface area contributed by atoms with E-state index in [1.54, 1.807) is 23.9 Å². The van der Waals surface area contributed by atoms with Gasteiger partial charge in [-0.05, 0) is 31.2 Å². The number of aryl methyl sites for hydroxylation is 1. The lowest BCUT2D eigenvalue weighted by Crippen LogP contribution is -2.39. The van der Waals surface area contributed by atoms with E-state index in [4.69, 9.17) is 4.74 Å². The number of nitrogens with one attached hydrogen (secondary N) is 2. The van der Waals surface area contributed by atoms with Gasteiger partial charge in [0.2, 0.25) is 5.91 Å². The van der Waals surface area contributed by atoms with Crippen molar-refractivity contribution >= 4 is 23.6 Å². The smallest absolute Gasteiger partial charge is 0.258 e. The summed E-state index contributed by atoms with van der Waals surface area (Å²) in [5.41, 5.74) is 1.23. The van der Waals surface area contributed by atoms with E-state index < -0.39 is 0 Å². The van der Waals surface area contributed by atoms with Gasteiger partial charge < -0.3 is 15.4 Å². The first-order valence-corrected chi connectivity index (χ1v) is 9.03. The third-order valence-corrected chi connectivity index (χ3v) is 4.29. The molecular weight excluding hydrogens is 336 g/mol. The zero-order valence-electron chi connectivity index (χ0n) is 14.2. The van der Waals surface area contributed by atoms with Crippen molar-refractivity contribution in [3.05, 3.63) is 60.2 Å². The van der Waals surface area contributed by atoms with Gasteiger partial charge in [0, 0.05) is 17.2 Å². The second kappa shape index (κ2) is 10.4. The number of hydrogen-bond acceptors (Lipinski definition) is 4. The molecule has 0 aliphatic carbocycles. The number of rotatable bonds is 9. The quantitative estimate of drug-likeness (QED) is 0.534. The average molecular weight is 358 g/mol. The Labute approximate surface area is 152 Å². The highest BCUT2D eigenvalue weighted by atomic mass is 32.2. The summed E-state index contributed by atoms with van der Waals surface area (Å²) in [5.74, 6) is 0.862. The molecule has 132 valence electrons. The predicted molar refractivity (Wildman–Crippen MR) is 99.9 cm³/mol. The molecule has 2 rings (SSSR count). The normalized spacial score (nSPS) is 10.1. The van der Waals surface area contributed by atoms with Crippen LogP contribution in [-0.2, 0) is 9.59 Å². The molecular formula is C19H22N2O3S. The molecule has 0 radical (unpaired) electrons. The lowest BCUT2D eigenvalue weighted by atomic mass is 10.2. The van der Waals surface area contributed by atoms with Crippen molar-refractivity contribution < 1.29 is 14.3 Å². The van der Waals surface area contributed by atoms with E-state index in [0.29, 0.717) is 12.3 Å². The summed E-state index contributed by atoms with van der Waals surface area (Å²) in [4.78, 5) is 24.5. The highest BCUT2D eigenvalue weighted by molar-refractivity contribution is 7.99. The molecule has 0 aliphatic heterocycles. The van der Waals surface area contributed by atoms with Gasteiger partial charge >= 0.3 is 0 Å². The molecule has 0 saturated heterocycles. The van der Waals surface area contributed by atoms with Crippen LogP contribution in [0.25, 0.3) is 0 Å². The predicted octanol–water partition coefficient (Wildman–Crippen LogP) is 2.40. The van der Waals surface area contributed by atoms with Gasteiger partial charge in [-0.3, -0.25) is 9.59 Å². The van der Waals surface area contributed by atoms with Gasteiger partial charge in [0.15, 0.2) is 6.61 Å². The highest BCUT2D eigenvalue weighted by Gasteiger charge is 2.06. The molecule has 2 aromatic rings. The summed E-state index contributed by atoms with van der Waals surface area (Å²) in [5, 5.41) is 5.31. The third-order valence-electron chi connectivity index (χ3n) is 3.27. The molecule has 0 unspecified atom stereocenters. The lowest BCUT2D eigenvalue weighted by molar-refractivity contribution is -0.127. The Balaban J connectivity index is 1.54. The van der Waals surface area contributed by atoms with Gasteiger partial charge in [-0.25, -0.2) is 0 Å². The van der Waals surface area contributed by atoms with E-state index >= 15 is 0 Å². The van der Waals surface area contributed by atoms with Crippen molar-refractivity contribution in [3.63, 3.8) is 0 Å². The number of carbonyl (C=O) groups excluding carboxylic acids is 2. The average Bonchev–Trinajstić information content (AvgIpc) is 2.64. The molecule has 2 aromatic carbocycles. The van der Waals surface area contributed by atoms with Crippen LogP contribution < -0.4 is 15.4 Å². The van der Waals surface area contributed by atoms with Crippen LogP contribution in [0, 0.1) is 6.92 Å². The van der Waals surface area contributed by atoms with Crippen LogP contribution in [0.5, 0.6) is 5.75 Å². The van der Waals surface area contributed by atoms with Crippen molar-refractivity contribution in [1.29, 1.82) is 0 Å². The summed E-state index contributed by atoms with van der Waals surface area (Å²) >= 11 is 1.68. The molecule has 0 aromatic heterocycles. The number of thioether (sulfide) groups is 1. The fraction of sp³-hybridized carbons (Fsp3) is 0.263. The number of hydrogen-bond donors (Lipinski definition) is 2. The summed E-state index contributed by atoms with van der Waals surface area (Å²) < 4.78 is 5.31. The number of ether oxygens (including phenoxy) is 1. The second-order valence-electron chi connectivity index (χ2n) is 5.39. The van der Waals surface area contributed by atoms with E-state index in [9.17, 15) is 9.59 Å². The monoisotopic (exact) mass is 358 g/mol. The van der Waals surface area contributed by atoms with Crippen LogP contribution in [0.15, 0.2) is 59.5 Å². The Hall–Kier alpha value is -2.47. The molecule has 0 aliphatic rings. The molecule has 0 saturated carbocycles. The van der Waals surface area contributed by atoms with Crippen molar-refractivity contribution in [2.24, 2.45) is 0 Å². The molecule has 2 N–H and O–H groups in total. The van der Waals surface area contributed by atoms with Gasteiger partial charge in [-0.1, -0.05) is 35.9 Å². The zero-order chi connectivity index (χ0) is 17.9. The molecule has 0 fully saturated rings. The molecule has 2 amide bonds. The fourth-order valence-corrected chi connectivity index (χ4v) is 2.72. The summed E-state index contributed by atoms with van der Waals surface area (Å²) in [6.07, 6.45) is 0. The zero-order valence-corrected chi connectivity index (χ0v) is 15.0. The van der Waals surface area contributed by atoms with Gasteiger partial charge in [0.05, 0.1) is 6.54 Å². The van der Waals surface area contributed by atoms with E-state index in [0.717, 1.165) is 5.75 Å². The molecule has 0 spiro atoms. The van der Waals surface area contributed by atoms with E-state index in [1.807, 2.05) is 25.1 Å². The first-order chi connectivity index (χ1) is 12.1. The molecule has 6 heteroatoms. The molecule has 0 bridgehead atoms. The highest BCUT2D eigenvalue weighted by Crippen LogP contribution is 2.17. The standard InChI is InChI=1S/C19H22N2O3S/c1-15-7-9-17(10-8-15)25-12-11-20-18(22)13-21-19(23)14-24-16-5-3-2-4-6-16/h2-10H,11-14H2,1H3,(H,20,22)(H,21,23). The molecule has 0 atom stereocenters. The van der Waals surface area contributed by atoms with Crippen molar-refractivity contribution in [2.75, 3.05) is 25.4 Å². The van der Waals surface area contributed by atoms with E-state index in [2.05, 4.69) is 34.9 Å². The van der Waals surface area contributed by atoms with Gasteiger partial charge in [-0.15, -0.1) is 11.8 Å². The maximum Gasteiger partial charge on any atom is 0.258 e. The third kappa shape index (κ3) is 7.76. The lowest BCUT2D eigenvalue weighted by Gasteiger charge is -2.08. The van der Waals surface area contributed by atoms with Crippen molar-refractivity contribution in [2.45, 2.75) is 11.8 Å². The topological polar surface area (TPSA) is 67.4 Å².